The van der Waals surface area contributed by atoms with Crippen LogP contribution in [0.4, 0.5) is 0 Å². The third kappa shape index (κ3) is 4.02. The van der Waals surface area contributed by atoms with Crippen LogP contribution in [0.2, 0.25) is 0 Å². The van der Waals surface area contributed by atoms with Crippen molar-refractivity contribution in [2.24, 2.45) is 0 Å². The maximum Gasteiger partial charge on any atom is 0.235 e. The van der Waals surface area contributed by atoms with Crippen LogP contribution in [0.15, 0.2) is 140 Å². The molecule has 0 unspecified atom stereocenters. The van der Waals surface area contributed by atoms with Crippen molar-refractivity contribution >= 4 is 21.8 Å². The highest BCUT2D eigenvalue weighted by Gasteiger charge is 2.36. The number of para-hydroxylation sites is 1. The smallest absolute Gasteiger partial charge is 0.235 e. The molecule has 0 amide bonds. The molecule has 0 fully saturated rings. The predicted octanol–water partition coefficient (Wildman–Crippen LogP) is 9.67. The fraction of sp³-hybridized carbons (Fsp3) is 0.0732. The van der Waals surface area contributed by atoms with Gasteiger partial charge in [0.15, 0.2) is 5.82 Å². The van der Waals surface area contributed by atoms with Crippen LogP contribution >= 0.6 is 0 Å². The maximum atomic E-state index is 5.15. The van der Waals surface area contributed by atoms with E-state index in [9.17, 15) is 0 Å². The highest BCUT2D eigenvalue weighted by atomic mass is 15.2. The molecule has 5 nitrogen and oxygen atoms in total. The molecule has 3 aromatic heterocycles. The second-order valence-corrected chi connectivity index (χ2v) is 12.4. The van der Waals surface area contributed by atoms with Crippen molar-refractivity contribution in [2.75, 3.05) is 0 Å². The monoisotopic (exact) mass is 591 g/mol. The van der Waals surface area contributed by atoms with E-state index in [2.05, 4.69) is 103 Å². The first-order valence-electron chi connectivity index (χ1n) is 15.6. The molecule has 0 radical (unpaired) electrons. The van der Waals surface area contributed by atoms with Crippen molar-refractivity contribution in [3.8, 4) is 51.1 Å². The summed E-state index contributed by atoms with van der Waals surface area (Å²) in [5.41, 5.74) is 11.7. The average molecular weight is 592 g/mol. The van der Waals surface area contributed by atoms with Gasteiger partial charge >= 0.3 is 0 Å². The predicted molar refractivity (Wildman–Crippen MR) is 186 cm³/mol. The molecule has 46 heavy (non-hydrogen) atoms. The molecule has 9 rings (SSSR count). The third-order valence-electron chi connectivity index (χ3n) is 9.31. The number of benzene rings is 5. The zero-order valence-electron chi connectivity index (χ0n) is 25.5. The summed E-state index contributed by atoms with van der Waals surface area (Å²) in [6, 6.07) is 46.4. The van der Waals surface area contributed by atoms with Gasteiger partial charge in [-0.3, -0.25) is 4.57 Å². The molecular formula is C41H29N5. The molecule has 0 atom stereocenters. The van der Waals surface area contributed by atoms with Crippen molar-refractivity contribution < 1.29 is 0 Å². The molecule has 0 aliphatic heterocycles. The van der Waals surface area contributed by atoms with Crippen LogP contribution in [0.5, 0.6) is 0 Å². The van der Waals surface area contributed by atoms with Gasteiger partial charge in [-0.25, -0.2) is 19.9 Å². The zero-order chi connectivity index (χ0) is 30.8. The lowest BCUT2D eigenvalue weighted by molar-refractivity contribution is 0.661. The number of hydrogen-bond acceptors (Lipinski definition) is 4. The maximum absolute atomic E-state index is 5.15. The van der Waals surface area contributed by atoms with Crippen LogP contribution < -0.4 is 0 Å². The first-order valence-corrected chi connectivity index (χ1v) is 15.6. The average Bonchev–Trinajstić information content (AvgIpc) is 3.56. The third-order valence-corrected chi connectivity index (χ3v) is 9.31. The van der Waals surface area contributed by atoms with E-state index in [4.69, 9.17) is 19.9 Å². The normalized spacial score (nSPS) is 13.2. The molecule has 0 saturated heterocycles. The molecular weight excluding hydrogens is 562 g/mol. The number of fused-ring (bicyclic) bond motifs is 6. The van der Waals surface area contributed by atoms with E-state index in [1.165, 1.54) is 33.0 Å². The Labute approximate surface area is 266 Å². The number of aromatic nitrogens is 5. The Morgan fingerprint density at radius 3 is 1.89 bits per heavy atom. The van der Waals surface area contributed by atoms with E-state index in [-0.39, 0.29) is 5.41 Å². The van der Waals surface area contributed by atoms with Crippen LogP contribution in [0.25, 0.3) is 72.9 Å². The summed E-state index contributed by atoms with van der Waals surface area (Å²) >= 11 is 0. The summed E-state index contributed by atoms with van der Waals surface area (Å²) < 4.78 is 2.19. The van der Waals surface area contributed by atoms with E-state index in [0.717, 1.165) is 33.5 Å². The molecule has 8 aromatic rings. The Morgan fingerprint density at radius 1 is 0.500 bits per heavy atom. The molecule has 0 bridgehead atoms. The molecule has 1 aliphatic rings. The van der Waals surface area contributed by atoms with E-state index in [0.29, 0.717) is 17.5 Å². The first kappa shape index (κ1) is 26.5. The van der Waals surface area contributed by atoms with Crippen LogP contribution in [0, 0.1) is 0 Å². The van der Waals surface area contributed by atoms with Crippen LogP contribution in [-0.2, 0) is 5.41 Å². The Bertz CT molecular complexity index is 2380. The summed E-state index contributed by atoms with van der Waals surface area (Å²) in [5.74, 6) is 1.15. The number of nitrogens with zero attached hydrogens (tertiary/aromatic N) is 5. The summed E-state index contributed by atoms with van der Waals surface area (Å²) in [6.45, 7) is 4.63. The Hall–Kier alpha value is -5.94. The summed E-state index contributed by atoms with van der Waals surface area (Å²) in [5, 5.41) is 2.36. The lowest BCUT2D eigenvalue weighted by atomic mass is 9.82. The van der Waals surface area contributed by atoms with Crippen molar-refractivity contribution in [1.82, 2.24) is 24.5 Å². The van der Waals surface area contributed by atoms with Gasteiger partial charge in [0.1, 0.15) is 5.69 Å². The number of rotatable bonds is 4. The Kier molecular flexibility index (Phi) is 5.78. The van der Waals surface area contributed by atoms with Gasteiger partial charge in [-0.15, -0.1) is 0 Å². The first-order chi connectivity index (χ1) is 22.6. The van der Waals surface area contributed by atoms with Crippen molar-refractivity contribution in [3.05, 3.63) is 151 Å². The molecule has 5 heteroatoms. The fourth-order valence-corrected chi connectivity index (χ4v) is 7.03. The highest BCUT2D eigenvalue weighted by Crippen LogP contribution is 2.50. The van der Waals surface area contributed by atoms with Gasteiger partial charge in [0.2, 0.25) is 5.95 Å². The molecule has 3 heterocycles. The highest BCUT2D eigenvalue weighted by molar-refractivity contribution is 6.11. The van der Waals surface area contributed by atoms with E-state index < -0.39 is 0 Å². The second-order valence-electron chi connectivity index (χ2n) is 12.4. The number of hydrogen-bond donors (Lipinski definition) is 0. The molecule has 0 spiro atoms. The molecule has 5 aromatic carbocycles. The minimum Gasteiger partial charge on any atom is -0.278 e. The Morgan fingerprint density at radius 2 is 1.15 bits per heavy atom. The summed E-state index contributed by atoms with van der Waals surface area (Å²) in [7, 11) is 0. The largest absolute Gasteiger partial charge is 0.278 e. The van der Waals surface area contributed by atoms with Gasteiger partial charge in [0.25, 0.3) is 0 Å². The van der Waals surface area contributed by atoms with Gasteiger partial charge in [-0.05, 0) is 52.6 Å². The minimum atomic E-state index is -0.121. The quantitative estimate of drug-likeness (QED) is 0.204. The van der Waals surface area contributed by atoms with Crippen molar-refractivity contribution in [1.29, 1.82) is 0 Å². The van der Waals surface area contributed by atoms with E-state index >= 15 is 0 Å². The topological polar surface area (TPSA) is 56.5 Å². The zero-order valence-corrected chi connectivity index (χ0v) is 25.5. The van der Waals surface area contributed by atoms with Crippen molar-refractivity contribution in [2.45, 2.75) is 19.3 Å². The van der Waals surface area contributed by atoms with Crippen LogP contribution in [-0.4, -0.2) is 24.5 Å². The van der Waals surface area contributed by atoms with Crippen molar-refractivity contribution in [3.63, 3.8) is 0 Å². The Balaban J connectivity index is 1.26. The summed E-state index contributed by atoms with van der Waals surface area (Å²) in [4.78, 5) is 20.0. The van der Waals surface area contributed by atoms with E-state index in [1.807, 2.05) is 54.7 Å². The minimum absolute atomic E-state index is 0.121. The van der Waals surface area contributed by atoms with Crippen LogP contribution in [0.1, 0.15) is 25.0 Å². The SMILES string of the molecule is CC1(C)c2ccccc2-c2cc3c4ccccc4n(-c4nccc(-c5nc(-c6ccccc6)cc(-c6ccccc6)n5)n4)c3cc21. The van der Waals surface area contributed by atoms with Gasteiger partial charge in [-0.1, -0.05) is 117 Å². The standard InChI is InChI=1S/C41H29N5/c1-41(2)32-19-11-9-17-28(32)30-23-31-29-18-10-12-20-37(29)46(38(31)24-33(30)41)40-42-22-21-34(45-40)39-43-35(26-13-5-3-6-14-26)25-36(44-39)27-15-7-4-8-16-27/h3-25H,1-2H3. The van der Waals surface area contributed by atoms with Gasteiger partial charge in [-0.2, -0.15) is 0 Å². The van der Waals surface area contributed by atoms with Crippen LogP contribution in [0.3, 0.4) is 0 Å². The second kappa shape index (κ2) is 10.0. The molecule has 0 N–H and O–H groups in total. The molecule has 218 valence electrons. The van der Waals surface area contributed by atoms with E-state index in [1.54, 1.807) is 0 Å². The summed E-state index contributed by atoms with van der Waals surface area (Å²) in [6.07, 6.45) is 1.81. The molecule has 0 saturated carbocycles. The lowest BCUT2D eigenvalue weighted by Crippen LogP contribution is -2.15. The molecule has 1 aliphatic carbocycles. The fourth-order valence-electron chi connectivity index (χ4n) is 7.03. The van der Waals surface area contributed by atoms with Gasteiger partial charge in [0.05, 0.1) is 22.4 Å². The van der Waals surface area contributed by atoms with Gasteiger partial charge < -0.3 is 0 Å². The lowest BCUT2D eigenvalue weighted by Gasteiger charge is -2.21. The van der Waals surface area contributed by atoms with Gasteiger partial charge in [0, 0.05) is 33.5 Å².